The lowest BCUT2D eigenvalue weighted by molar-refractivity contribution is 0.250. The highest BCUT2D eigenvalue weighted by Crippen LogP contribution is 2.29. The summed E-state index contributed by atoms with van der Waals surface area (Å²) < 4.78 is 25.5. The summed E-state index contributed by atoms with van der Waals surface area (Å²) in [5.41, 5.74) is 0. The number of hydrogen-bond donors (Lipinski definition) is 1. The third-order valence-corrected chi connectivity index (χ3v) is 5.85. The predicted molar refractivity (Wildman–Crippen MR) is 74.3 cm³/mol. The van der Waals surface area contributed by atoms with Gasteiger partial charge in [-0.05, 0) is 18.1 Å². The molecule has 1 unspecified atom stereocenters. The van der Waals surface area contributed by atoms with E-state index in [2.05, 4.69) is 0 Å². The number of hydrogen-bond acceptors (Lipinski definition) is 4. The van der Waals surface area contributed by atoms with Crippen LogP contribution >= 0.6 is 11.8 Å². The van der Waals surface area contributed by atoms with Crippen molar-refractivity contribution >= 4 is 21.8 Å². The summed E-state index contributed by atoms with van der Waals surface area (Å²) in [6, 6.07) is 6.95. The molecule has 0 aliphatic carbocycles. The Morgan fingerprint density at radius 1 is 1.33 bits per heavy atom. The molecule has 1 aromatic carbocycles. The molecule has 0 bridgehead atoms. The largest absolute Gasteiger partial charge is 0.396 e. The van der Waals surface area contributed by atoms with Gasteiger partial charge in [-0.3, -0.25) is 0 Å². The lowest BCUT2D eigenvalue weighted by atomic mass is 10.2. The Labute approximate surface area is 113 Å². The molecule has 4 nitrogen and oxygen atoms in total. The zero-order chi connectivity index (χ0) is 13.8. The lowest BCUT2D eigenvalue weighted by Crippen LogP contribution is -2.22. The summed E-state index contributed by atoms with van der Waals surface area (Å²) in [6.45, 7) is 2.03. The molecule has 102 valence electrons. The van der Waals surface area contributed by atoms with Crippen molar-refractivity contribution in [3.63, 3.8) is 0 Å². The molecule has 0 fully saturated rings. The molecule has 1 rings (SSSR count). The molecule has 0 radical (unpaired) electrons. The first-order valence-corrected chi connectivity index (χ1v) is 8.07. The van der Waals surface area contributed by atoms with Crippen LogP contribution in [0.5, 0.6) is 0 Å². The van der Waals surface area contributed by atoms with Crippen molar-refractivity contribution in [3.8, 4) is 0 Å². The maximum absolute atomic E-state index is 12.1. The fourth-order valence-corrected chi connectivity index (χ4v) is 3.68. The molecule has 0 spiro atoms. The van der Waals surface area contributed by atoms with E-state index in [1.807, 2.05) is 13.0 Å². The van der Waals surface area contributed by atoms with Crippen LogP contribution in [0.1, 0.15) is 6.92 Å². The van der Waals surface area contributed by atoms with Gasteiger partial charge in [0, 0.05) is 31.4 Å². The number of nitrogens with zero attached hydrogens (tertiary/aromatic N) is 1. The average molecular weight is 289 g/mol. The number of aliphatic hydroxyl groups is 1. The monoisotopic (exact) mass is 289 g/mol. The molecule has 18 heavy (non-hydrogen) atoms. The van der Waals surface area contributed by atoms with Gasteiger partial charge in [0.2, 0.25) is 10.0 Å². The molecule has 1 N–H and O–H groups in total. The SMILES string of the molecule is CC(CO)CSc1ccccc1S(=O)(=O)N(C)C. The third kappa shape index (κ3) is 3.71. The van der Waals surface area contributed by atoms with E-state index in [9.17, 15) is 8.42 Å². The Hall–Kier alpha value is -0.560. The summed E-state index contributed by atoms with van der Waals surface area (Å²) >= 11 is 1.46. The van der Waals surface area contributed by atoms with Crippen LogP contribution in [0.2, 0.25) is 0 Å². The second kappa shape index (κ2) is 6.56. The summed E-state index contributed by atoms with van der Waals surface area (Å²) in [7, 11) is -0.370. The zero-order valence-electron chi connectivity index (χ0n) is 10.8. The fourth-order valence-electron chi connectivity index (χ4n) is 1.26. The Kier molecular flexibility index (Phi) is 5.65. The van der Waals surface area contributed by atoms with Crippen LogP contribution in [0.3, 0.4) is 0 Å². The van der Waals surface area contributed by atoms with Crippen molar-refractivity contribution in [2.24, 2.45) is 5.92 Å². The van der Waals surface area contributed by atoms with Crippen molar-refractivity contribution < 1.29 is 13.5 Å². The standard InChI is InChI=1S/C12H19NO3S2/c1-10(8-14)9-17-11-6-4-5-7-12(11)18(15,16)13(2)3/h4-7,10,14H,8-9H2,1-3H3. The Bertz CT molecular complexity index is 486. The van der Waals surface area contributed by atoms with Gasteiger partial charge in [-0.25, -0.2) is 12.7 Å². The molecule has 0 heterocycles. The molecule has 1 aromatic rings. The Morgan fingerprint density at radius 2 is 1.94 bits per heavy atom. The van der Waals surface area contributed by atoms with E-state index in [1.165, 1.54) is 30.2 Å². The molecule has 0 saturated heterocycles. The second-order valence-corrected chi connectivity index (χ2v) is 7.52. The highest BCUT2D eigenvalue weighted by Gasteiger charge is 2.21. The summed E-state index contributed by atoms with van der Waals surface area (Å²) in [5, 5.41) is 8.99. The number of sulfonamides is 1. The van der Waals surface area contributed by atoms with Crippen molar-refractivity contribution in [1.82, 2.24) is 4.31 Å². The van der Waals surface area contributed by atoms with Gasteiger partial charge in [0.1, 0.15) is 0 Å². The van der Waals surface area contributed by atoms with E-state index in [1.54, 1.807) is 18.2 Å². The molecular formula is C12H19NO3S2. The Morgan fingerprint density at radius 3 is 2.50 bits per heavy atom. The molecular weight excluding hydrogens is 270 g/mol. The van der Waals surface area contributed by atoms with Crippen molar-refractivity contribution in [3.05, 3.63) is 24.3 Å². The van der Waals surface area contributed by atoms with Gasteiger partial charge in [-0.15, -0.1) is 11.8 Å². The van der Waals surface area contributed by atoms with E-state index in [0.717, 1.165) is 4.90 Å². The van der Waals surface area contributed by atoms with Crippen LogP contribution in [0, 0.1) is 5.92 Å². The first-order valence-electron chi connectivity index (χ1n) is 5.64. The van der Waals surface area contributed by atoms with Crippen LogP contribution in [-0.2, 0) is 10.0 Å². The van der Waals surface area contributed by atoms with E-state index in [0.29, 0.717) is 10.6 Å². The number of thioether (sulfide) groups is 1. The quantitative estimate of drug-likeness (QED) is 0.809. The highest BCUT2D eigenvalue weighted by molar-refractivity contribution is 8.00. The molecule has 6 heteroatoms. The van der Waals surface area contributed by atoms with Crippen molar-refractivity contribution in [1.29, 1.82) is 0 Å². The van der Waals surface area contributed by atoms with Crippen LogP contribution < -0.4 is 0 Å². The smallest absolute Gasteiger partial charge is 0.243 e. The molecule has 0 saturated carbocycles. The molecule has 0 amide bonds. The zero-order valence-corrected chi connectivity index (χ0v) is 12.5. The fraction of sp³-hybridized carbons (Fsp3) is 0.500. The molecule has 0 aliphatic heterocycles. The van der Waals surface area contributed by atoms with E-state index in [-0.39, 0.29) is 12.5 Å². The normalized spacial score (nSPS) is 13.8. The van der Waals surface area contributed by atoms with Crippen molar-refractivity contribution in [2.75, 3.05) is 26.5 Å². The lowest BCUT2D eigenvalue weighted by Gasteiger charge is -2.15. The van der Waals surface area contributed by atoms with Crippen molar-refractivity contribution in [2.45, 2.75) is 16.7 Å². The van der Waals surface area contributed by atoms with Gasteiger partial charge in [0.15, 0.2) is 0 Å². The summed E-state index contributed by atoms with van der Waals surface area (Å²) in [4.78, 5) is 1.05. The average Bonchev–Trinajstić information content (AvgIpc) is 2.35. The third-order valence-electron chi connectivity index (χ3n) is 2.44. The van der Waals surface area contributed by atoms with Crippen LogP contribution in [-0.4, -0.2) is 44.3 Å². The minimum absolute atomic E-state index is 0.107. The summed E-state index contributed by atoms with van der Waals surface area (Å²) in [5.74, 6) is 0.835. The van der Waals surface area contributed by atoms with Crippen LogP contribution in [0.4, 0.5) is 0 Å². The first kappa shape index (κ1) is 15.5. The van der Waals surface area contributed by atoms with Gasteiger partial charge in [0.25, 0.3) is 0 Å². The Balaban J connectivity index is 3.01. The number of rotatable bonds is 6. The summed E-state index contributed by atoms with van der Waals surface area (Å²) in [6.07, 6.45) is 0. The highest BCUT2D eigenvalue weighted by atomic mass is 32.2. The van der Waals surface area contributed by atoms with E-state index >= 15 is 0 Å². The number of aliphatic hydroxyl groups excluding tert-OH is 1. The second-order valence-electron chi connectivity index (χ2n) is 4.33. The van der Waals surface area contributed by atoms with Crippen LogP contribution in [0.25, 0.3) is 0 Å². The molecule has 0 aromatic heterocycles. The van der Waals surface area contributed by atoms with Crippen LogP contribution in [0.15, 0.2) is 34.1 Å². The predicted octanol–water partition coefficient (Wildman–Crippen LogP) is 1.66. The van der Waals surface area contributed by atoms with E-state index in [4.69, 9.17) is 5.11 Å². The molecule has 1 atom stereocenters. The van der Waals surface area contributed by atoms with Gasteiger partial charge < -0.3 is 5.11 Å². The van der Waals surface area contributed by atoms with E-state index < -0.39 is 10.0 Å². The van der Waals surface area contributed by atoms with Gasteiger partial charge >= 0.3 is 0 Å². The van der Waals surface area contributed by atoms with Gasteiger partial charge in [-0.1, -0.05) is 19.1 Å². The first-order chi connectivity index (χ1) is 8.39. The van der Waals surface area contributed by atoms with Gasteiger partial charge in [-0.2, -0.15) is 0 Å². The minimum atomic E-state index is -3.41. The minimum Gasteiger partial charge on any atom is -0.396 e. The van der Waals surface area contributed by atoms with Gasteiger partial charge in [0.05, 0.1) is 4.90 Å². The topological polar surface area (TPSA) is 57.6 Å². The maximum atomic E-state index is 12.1. The molecule has 0 aliphatic rings. The maximum Gasteiger partial charge on any atom is 0.243 e. The number of benzene rings is 1.